The van der Waals surface area contributed by atoms with Crippen LogP contribution in [0, 0.1) is 5.92 Å². The van der Waals surface area contributed by atoms with E-state index in [1.54, 1.807) is 68.5 Å². The van der Waals surface area contributed by atoms with Crippen LogP contribution in [0.15, 0.2) is 59.5 Å². The summed E-state index contributed by atoms with van der Waals surface area (Å²) >= 11 is 1.17. The number of hydrogen-bond donors (Lipinski definition) is 2. The molecule has 0 saturated heterocycles. The fourth-order valence-corrected chi connectivity index (χ4v) is 10.9. The molecule has 1 heterocycles. The summed E-state index contributed by atoms with van der Waals surface area (Å²) in [4.78, 5) is 38.5. The zero-order valence-electron chi connectivity index (χ0n) is 42.7. The molecular weight excluding hydrogens is 857 g/mol. The van der Waals surface area contributed by atoms with Crippen LogP contribution in [-0.2, 0) is 30.3 Å². The Morgan fingerprint density at radius 2 is 0.776 bits per heavy atom. The van der Waals surface area contributed by atoms with Gasteiger partial charge in [-0.15, -0.1) is 11.8 Å². The van der Waals surface area contributed by atoms with Crippen molar-refractivity contribution in [3.63, 3.8) is 0 Å². The van der Waals surface area contributed by atoms with Gasteiger partial charge < -0.3 is 24.4 Å². The van der Waals surface area contributed by atoms with Crippen molar-refractivity contribution in [3.8, 4) is 11.5 Å². The number of esters is 3. The van der Waals surface area contributed by atoms with Crippen molar-refractivity contribution < 1.29 is 38.8 Å². The minimum absolute atomic E-state index is 0.274. The van der Waals surface area contributed by atoms with Crippen LogP contribution in [0.25, 0.3) is 0 Å². The molecule has 8 nitrogen and oxygen atoms in total. The van der Waals surface area contributed by atoms with Crippen molar-refractivity contribution in [2.45, 2.75) is 250 Å². The van der Waals surface area contributed by atoms with E-state index in [0.717, 1.165) is 38.5 Å². The van der Waals surface area contributed by atoms with Crippen LogP contribution in [0.5, 0.6) is 11.5 Å². The highest BCUT2D eigenvalue weighted by atomic mass is 32.2. The normalized spacial score (nSPS) is 16.6. The first-order chi connectivity index (χ1) is 32.4. The molecule has 0 radical (unpaired) electrons. The second-order valence-corrected chi connectivity index (χ2v) is 21.0. The summed E-state index contributed by atoms with van der Waals surface area (Å²) in [5.41, 5.74) is -1.97. The Bertz CT molecular complexity index is 1670. The first-order valence-electron chi connectivity index (χ1n) is 27.0. The maximum absolute atomic E-state index is 12.8. The Morgan fingerprint density at radius 3 is 1.09 bits per heavy atom. The number of thioether (sulfide) groups is 1. The molecule has 2 aromatic rings. The molecule has 1 aliphatic rings. The van der Waals surface area contributed by atoms with Gasteiger partial charge in [-0.05, 0) is 62.1 Å². The van der Waals surface area contributed by atoms with Crippen LogP contribution in [0.4, 0.5) is 0 Å². The Balaban J connectivity index is 1.41. The second kappa shape index (κ2) is 34.2. The average molecular weight is 949 g/mol. The molecule has 0 aromatic heterocycles. The Hall–Kier alpha value is -3.14. The number of benzene rings is 2. The minimum atomic E-state index is -1.53. The van der Waals surface area contributed by atoms with E-state index in [-0.39, 0.29) is 11.9 Å². The van der Waals surface area contributed by atoms with Crippen LogP contribution < -0.4 is 9.47 Å². The first kappa shape index (κ1) is 58.2. The second-order valence-electron chi connectivity index (χ2n) is 19.8. The lowest BCUT2D eigenvalue weighted by atomic mass is 9.74. The average Bonchev–Trinajstić information content (AvgIpc) is 3.80. The van der Waals surface area contributed by atoms with Crippen LogP contribution in [-0.4, -0.2) is 40.5 Å². The van der Waals surface area contributed by atoms with E-state index >= 15 is 0 Å². The Labute approximate surface area is 411 Å². The van der Waals surface area contributed by atoms with Crippen LogP contribution in [0.1, 0.15) is 244 Å². The van der Waals surface area contributed by atoms with Gasteiger partial charge in [-0.25, -0.2) is 4.79 Å². The quantitative estimate of drug-likeness (QED) is 0.0383. The number of aliphatic hydroxyl groups is 2. The lowest BCUT2D eigenvalue weighted by molar-refractivity contribution is -0.135. The molecule has 67 heavy (non-hydrogen) atoms. The lowest BCUT2D eigenvalue weighted by Gasteiger charge is -2.40. The van der Waals surface area contributed by atoms with Crippen molar-refractivity contribution in [2.75, 3.05) is 7.11 Å². The minimum Gasteiger partial charge on any atom is -0.465 e. The summed E-state index contributed by atoms with van der Waals surface area (Å²) in [7, 11) is 1.31. The summed E-state index contributed by atoms with van der Waals surface area (Å²) < 4.78 is 16.3. The molecule has 0 spiro atoms. The van der Waals surface area contributed by atoms with Gasteiger partial charge in [-0.2, -0.15) is 0 Å². The summed E-state index contributed by atoms with van der Waals surface area (Å²) in [5.74, 6) is -1.01. The summed E-state index contributed by atoms with van der Waals surface area (Å²) in [5, 5.41) is 23.7. The van der Waals surface area contributed by atoms with Gasteiger partial charge in [-0.3, -0.25) is 9.59 Å². The smallest absolute Gasteiger partial charge is 0.344 e. The van der Waals surface area contributed by atoms with E-state index in [1.165, 1.54) is 173 Å². The molecule has 2 N–H and O–H groups in total. The Kier molecular flexibility index (Phi) is 29.7. The molecule has 0 bridgehead atoms. The maximum atomic E-state index is 12.8. The summed E-state index contributed by atoms with van der Waals surface area (Å²) in [6, 6.07) is 13.6. The molecule has 2 aromatic carbocycles. The fourth-order valence-electron chi connectivity index (χ4n) is 9.36. The van der Waals surface area contributed by atoms with E-state index in [9.17, 15) is 24.6 Å². The van der Waals surface area contributed by atoms with Gasteiger partial charge in [0, 0.05) is 18.8 Å². The predicted molar refractivity (Wildman–Crippen MR) is 277 cm³/mol. The van der Waals surface area contributed by atoms with Gasteiger partial charge in [-0.1, -0.05) is 224 Å². The SMILES string of the molecule is CCCCCCCCCCCCCCCCCC(=O)Oc1ccc(C(C)(O)[C@H]2C=C(C(=O)OC)S[C@@H]2C(C)(O)c2ccc(OC(=O)CCCCCCCCCCCCCCCCC)cc2)cc1. The number of hydrogen-bond acceptors (Lipinski definition) is 9. The monoisotopic (exact) mass is 949 g/mol. The Morgan fingerprint density at radius 1 is 0.478 bits per heavy atom. The molecule has 2 unspecified atom stereocenters. The van der Waals surface area contributed by atoms with E-state index in [2.05, 4.69) is 13.8 Å². The third-order valence-corrected chi connectivity index (χ3v) is 15.4. The topological polar surface area (TPSA) is 119 Å². The fraction of sp³-hybridized carbons (Fsp3) is 0.707. The zero-order valence-corrected chi connectivity index (χ0v) is 43.5. The van der Waals surface area contributed by atoms with Gasteiger partial charge in [0.1, 0.15) is 11.5 Å². The van der Waals surface area contributed by atoms with Gasteiger partial charge >= 0.3 is 17.9 Å². The van der Waals surface area contributed by atoms with Crippen molar-refractivity contribution in [3.05, 3.63) is 70.6 Å². The van der Waals surface area contributed by atoms with Crippen LogP contribution in [0.2, 0.25) is 0 Å². The molecule has 0 saturated carbocycles. The highest BCUT2D eigenvalue weighted by Crippen LogP contribution is 2.52. The number of ether oxygens (including phenoxy) is 3. The van der Waals surface area contributed by atoms with E-state index in [4.69, 9.17) is 14.2 Å². The third kappa shape index (κ3) is 22.9. The number of carbonyl (C=O) groups is 3. The lowest BCUT2D eigenvalue weighted by Crippen LogP contribution is -2.45. The van der Waals surface area contributed by atoms with Gasteiger partial charge in [0.15, 0.2) is 0 Å². The van der Waals surface area contributed by atoms with E-state index < -0.39 is 28.3 Å². The highest BCUT2D eigenvalue weighted by molar-refractivity contribution is 8.04. The first-order valence-corrected chi connectivity index (χ1v) is 27.9. The highest BCUT2D eigenvalue weighted by Gasteiger charge is 2.51. The van der Waals surface area contributed by atoms with Crippen LogP contribution >= 0.6 is 11.8 Å². The molecule has 0 fully saturated rings. The summed E-state index contributed by atoms with van der Waals surface area (Å²) in [6.07, 6.45) is 40.4. The van der Waals surface area contributed by atoms with Crippen molar-refractivity contribution in [1.29, 1.82) is 0 Å². The molecule has 4 atom stereocenters. The summed E-state index contributed by atoms with van der Waals surface area (Å²) in [6.45, 7) is 7.86. The number of methoxy groups -OCH3 is 1. The van der Waals surface area contributed by atoms with Crippen molar-refractivity contribution in [2.24, 2.45) is 5.92 Å². The molecule has 378 valence electrons. The maximum Gasteiger partial charge on any atom is 0.344 e. The molecule has 3 rings (SSSR count). The van der Waals surface area contributed by atoms with E-state index in [0.29, 0.717) is 40.4 Å². The third-order valence-electron chi connectivity index (χ3n) is 13.8. The molecular formula is C58H92O8S. The van der Waals surface area contributed by atoms with Crippen molar-refractivity contribution in [1.82, 2.24) is 0 Å². The van der Waals surface area contributed by atoms with Gasteiger partial charge in [0.2, 0.25) is 0 Å². The number of rotatable bonds is 39. The standard InChI is InChI=1S/C58H92O8S/c1-6-8-10-12-14-16-18-20-22-24-26-28-30-32-34-36-53(59)65-49-42-38-47(39-43-49)57(3,62)51-46-52(56(61)64-5)67-55(51)58(4,63)48-40-44-50(45-41-48)66-54(60)37-35-33-31-29-27-25-23-21-19-17-15-13-11-9-7-2/h38-46,51,55,62-63H,6-37H2,1-5H3/t51-,55-,57?,58?/m0/s1. The molecule has 0 amide bonds. The van der Waals surface area contributed by atoms with Crippen molar-refractivity contribution >= 4 is 29.7 Å². The molecule has 0 aliphatic carbocycles. The molecule has 1 aliphatic heterocycles. The zero-order chi connectivity index (χ0) is 48.6. The van der Waals surface area contributed by atoms with E-state index in [1.807, 2.05) is 0 Å². The molecule has 9 heteroatoms. The largest absolute Gasteiger partial charge is 0.465 e. The number of unbranched alkanes of at least 4 members (excludes halogenated alkanes) is 28. The predicted octanol–water partition coefficient (Wildman–Crippen LogP) is 15.9. The van der Waals surface area contributed by atoms with Gasteiger partial charge in [0.25, 0.3) is 0 Å². The van der Waals surface area contributed by atoms with Gasteiger partial charge in [0.05, 0.1) is 28.5 Å². The van der Waals surface area contributed by atoms with Crippen LogP contribution in [0.3, 0.4) is 0 Å². The number of carbonyl (C=O) groups excluding carboxylic acids is 3.